The second kappa shape index (κ2) is 5.85. The molecule has 6 nitrogen and oxygen atoms in total. The van der Waals surface area contributed by atoms with Gasteiger partial charge in [-0.1, -0.05) is 0 Å². The van der Waals surface area contributed by atoms with Crippen molar-refractivity contribution >= 4 is 39.4 Å². The lowest BCUT2D eigenvalue weighted by atomic mass is 10.1. The number of hydrogen-bond donors (Lipinski definition) is 1. The first kappa shape index (κ1) is 15.5. The van der Waals surface area contributed by atoms with E-state index >= 15 is 0 Å². The first-order chi connectivity index (χ1) is 9.86. The molecule has 1 aromatic carbocycles. The maximum absolute atomic E-state index is 12.0. The van der Waals surface area contributed by atoms with Crippen LogP contribution >= 0.6 is 15.9 Å². The molecule has 1 heterocycles. The number of carbonyl (C=O) groups excluding carboxylic acids is 3. The van der Waals surface area contributed by atoms with Gasteiger partial charge in [-0.2, -0.15) is 0 Å². The molecule has 21 heavy (non-hydrogen) atoms. The summed E-state index contributed by atoms with van der Waals surface area (Å²) in [6, 6.07) is 3.26. The van der Waals surface area contributed by atoms with E-state index in [1.807, 2.05) is 0 Å². The van der Waals surface area contributed by atoms with Crippen molar-refractivity contribution in [1.82, 2.24) is 0 Å². The molecule has 1 saturated heterocycles. The average Bonchev–Trinajstić information content (AvgIpc) is 2.83. The Balaban J connectivity index is 2.38. The predicted octanol–water partition coefficient (Wildman–Crippen LogP) is 1.38. The fourth-order valence-corrected chi connectivity index (χ4v) is 2.90. The molecule has 7 heteroatoms. The van der Waals surface area contributed by atoms with E-state index in [-0.39, 0.29) is 18.9 Å². The summed E-state index contributed by atoms with van der Waals surface area (Å²) in [6.07, 6.45) is 0.111. The van der Waals surface area contributed by atoms with E-state index < -0.39 is 17.8 Å². The molecular formula is C14H15BrN2O4. The molecule has 1 aliphatic rings. The molecule has 112 valence electrons. The molecule has 1 fully saturated rings. The molecule has 1 aliphatic heterocycles. The van der Waals surface area contributed by atoms with Crippen molar-refractivity contribution in [2.45, 2.75) is 13.3 Å². The van der Waals surface area contributed by atoms with Gasteiger partial charge in [0.1, 0.15) is 0 Å². The van der Waals surface area contributed by atoms with Gasteiger partial charge in [-0.05, 0) is 40.5 Å². The van der Waals surface area contributed by atoms with Crippen molar-refractivity contribution in [3.05, 3.63) is 27.7 Å². The van der Waals surface area contributed by atoms with Gasteiger partial charge in [-0.25, -0.2) is 4.79 Å². The predicted molar refractivity (Wildman–Crippen MR) is 79.9 cm³/mol. The highest BCUT2D eigenvalue weighted by molar-refractivity contribution is 9.10. The average molecular weight is 355 g/mol. The number of amides is 2. The lowest BCUT2D eigenvalue weighted by Gasteiger charge is -2.20. The molecule has 1 aromatic rings. The standard InChI is InChI=1S/C14H15BrN2O4/c1-7-9(14(20)21-2)3-4-10(12(7)15)17-6-8(13(16)19)5-11(17)18/h3-4,8H,5-6H2,1-2H3,(H2,16,19). The number of nitrogens with zero attached hydrogens (tertiary/aromatic N) is 1. The maximum atomic E-state index is 12.0. The Kier molecular flexibility index (Phi) is 4.32. The summed E-state index contributed by atoms with van der Waals surface area (Å²) in [7, 11) is 1.31. The van der Waals surface area contributed by atoms with E-state index in [0.29, 0.717) is 21.3 Å². The number of nitrogens with two attached hydrogens (primary N) is 1. The Bertz CT molecular complexity index is 630. The van der Waals surface area contributed by atoms with E-state index in [9.17, 15) is 14.4 Å². The molecule has 0 bridgehead atoms. The zero-order chi connectivity index (χ0) is 15.7. The summed E-state index contributed by atoms with van der Waals surface area (Å²) in [5.74, 6) is -1.57. The summed E-state index contributed by atoms with van der Waals surface area (Å²) >= 11 is 3.41. The topological polar surface area (TPSA) is 89.7 Å². The van der Waals surface area contributed by atoms with Crippen molar-refractivity contribution in [3.63, 3.8) is 0 Å². The van der Waals surface area contributed by atoms with Crippen LogP contribution in [0.25, 0.3) is 0 Å². The van der Waals surface area contributed by atoms with E-state index in [1.54, 1.807) is 19.1 Å². The smallest absolute Gasteiger partial charge is 0.338 e. The van der Waals surface area contributed by atoms with Gasteiger partial charge in [0.25, 0.3) is 0 Å². The first-order valence-corrected chi connectivity index (χ1v) is 7.13. The molecule has 0 aromatic heterocycles. The highest BCUT2D eigenvalue weighted by atomic mass is 79.9. The monoisotopic (exact) mass is 354 g/mol. The Morgan fingerprint density at radius 3 is 2.62 bits per heavy atom. The highest BCUT2D eigenvalue weighted by Crippen LogP contribution is 2.35. The van der Waals surface area contributed by atoms with Gasteiger partial charge in [0, 0.05) is 17.4 Å². The molecule has 0 saturated carbocycles. The van der Waals surface area contributed by atoms with Gasteiger partial charge in [0.05, 0.1) is 24.3 Å². The van der Waals surface area contributed by atoms with E-state index in [0.717, 1.165) is 0 Å². The van der Waals surface area contributed by atoms with Gasteiger partial charge in [-0.15, -0.1) is 0 Å². The lowest BCUT2D eigenvalue weighted by Crippen LogP contribution is -2.28. The SMILES string of the molecule is COC(=O)c1ccc(N2CC(C(N)=O)CC2=O)c(Br)c1C. The van der Waals surface area contributed by atoms with Crippen LogP contribution in [0, 0.1) is 12.8 Å². The summed E-state index contributed by atoms with van der Waals surface area (Å²) in [6.45, 7) is 2.01. The molecule has 2 amide bonds. The second-order valence-corrected chi connectivity index (χ2v) is 5.66. The third kappa shape index (κ3) is 2.78. The number of benzene rings is 1. The minimum Gasteiger partial charge on any atom is -0.465 e. The van der Waals surface area contributed by atoms with Crippen molar-refractivity contribution < 1.29 is 19.1 Å². The van der Waals surface area contributed by atoms with Crippen molar-refractivity contribution in [2.75, 3.05) is 18.6 Å². The van der Waals surface area contributed by atoms with Crippen molar-refractivity contribution in [3.8, 4) is 0 Å². The van der Waals surface area contributed by atoms with Crippen LogP contribution in [0.2, 0.25) is 0 Å². The minimum absolute atomic E-state index is 0.111. The Labute approximate surface area is 130 Å². The van der Waals surface area contributed by atoms with Crippen molar-refractivity contribution in [2.24, 2.45) is 11.7 Å². The van der Waals surface area contributed by atoms with Gasteiger partial charge in [0.2, 0.25) is 11.8 Å². The van der Waals surface area contributed by atoms with Crippen molar-refractivity contribution in [1.29, 1.82) is 0 Å². The zero-order valence-corrected chi connectivity index (χ0v) is 13.3. The molecule has 0 aliphatic carbocycles. The van der Waals surface area contributed by atoms with Gasteiger partial charge in [-0.3, -0.25) is 9.59 Å². The van der Waals surface area contributed by atoms with E-state index in [1.165, 1.54) is 12.0 Å². The van der Waals surface area contributed by atoms with Gasteiger partial charge < -0.3 is 15.4 Å². The third-order valence-electron chi connectivity index (χ3n) is 3.59. The number of hydrogen-bond acceptors (Lipinski definition) is 4. The number of ether oxygens (including phenoxy) is 1. The fourth-order valence-electron chi connectivity index (χ4n) is 2.34. The maximum Gasteiger partial charge on any atom is 0.338 e. The Hall–Kier alpha value is -1.89. The van der Waals surface area contributed by atoms with Crippen LogP contribution in [0.15, 0.2) is 16.6 Å². The molecule has 2 rings (SSSR count). The van der Waals surface area contributed by atoms with E-state index in [4.69, 9.17) is 10.5 Å². The number of esters is 1. The number of halogens is 1. The number of rotatable bonds is 3. The lowest BCUT2D eigenvalue weighted by molar-refractivity contribution is -0.123. The zero-order valence-electron chi connectivity index (χ0n) is 11.7. The van der Waals surface area contributed by atoms with E-state index in [2.05, 4.69) is 15.9 Å². The van der Waals surface area contributed by atoms with Crippen LogP contribution in [-0.4, -0.2) is 31.4 Å². The quantitative estimate of drug-likeness (QED) is 0.830. The molecule has 0 radical (unpaired) electrons. The third-order valence-corrected chi connectivity index (χ3v) is 4.59. The first-order valence-electron chi connectivity index (χ1n) is 6.34. The largest absolute Gasteiger partial charge is 0.465 e. The Morgan fingerprint density at radius 2 is 2.10 bits per heavy atom. The summed E-state index contributed by atoms with van der Waals surface area (Å²) in [5, 5.41) is 0. The Morgan fingerprint density at radius 1 is 1.43 bits per heavy atom. The fraction of sp³-hybridized carbons (Fsp3) is 0.357. The molecule has 2 N–H and O–H groups in total. The summed E-state index contributed by atoms with van der Waals surface area (Å²) in [5.41, 5.74) is 6.98. The molecule has 0 spiro atoms. The number of primary amides is 1. The summed E-state index contributed by atoms with van der Waals surface area (Å²) < 4.78 is 5.33. The molecular weight excluding hydrogens is 340 g/mol. The van der Waals surface area contributed by atoms with Crippen LogP contribution in [0.4, 0.5) is 5.69 Å². The minimum atomic E-state index is -0.482. The van der Waals surface area contributed by atoms with Crippen LogP contribution in [0.1, 0.15) is 22.3 Å². The number of carbonyl (C=O) groups is 3. The van der Waals surface area contributed by atoms with Crippen LogP contribution < -0.4 is 10.6 Å². The molecule has 1 unspecified atom stereocenters. The molecule has 1 atom stereocenters. The van der Waals surface area contributed by atoms with Gasteiger partial charge >= 0.3 is 5.97 Å². The van der Waals surface area contributed by atoms with Crippen LogP contribution in [0.3, 0.4) is 0 Å². The highest BCUT2D eigenvalue weighted by Gasteiger charge is 2.35. The normalized spacial score (nSPS) is 18.0. The number of methoxy groups -OCH3 is 1. The second-order valence-electron chi connectivity index (χ2n) is 4.87. The van der Waals surface area contributed by atoms with Crippen LogP contribution in [-0.2, 0) is 14.3 Å². The summed E-state index contributed by atoms with van der Waals surface area (Å²) in [4.78, 5) is 36.4. The number of anilines is 1. The van der Waals surface area contributed by atoms with Crippen LogP contribution in [0.5, 0.6) is 0 Å². The van der Waals surface area contributed by atoms with Gasteiger partial charge in [0.15, 0.2) is 0 Å².